The number of rotatable bonds is 1. The minimum Gasteiger partial charge on any atom is -0.375 e. The van der Waals surface area contributed by atoms with Crippen LogP contribution >= 0.6 is 7.82 Å². The van der Waals surface area contributed by atoms with Gasteiger partial charge in [-0.1, -0.05) is 4.73 Å². The summed E-state index contributed by atoms with van der Waals surface area (Å²) < 4.78 is 26.6. The predicted octanol–water partition coefficient (Wildman–Crippen LogP) is -0.394. The third-order valence-electron chi connectivity index (χ3n) is 1.80. The molecule has 3 rings (SSSR count). The van der Waals surface area contributed by atoms with Gasteiger partial charge in [-0.2, -0.15) is 9.55 Å². The molecule has 0 fully saturated rings. The molecule has 8 nitrogen and oxygen atoms in total. The highest BCUT2D eigenvalue weighted by Gasteiger charge is 2.50. The first-order valence-corrected chi connectivity index (χ1v) is 5.13. The fraction of sp³-hybridized carbons (Fsp3) is 0.200. The molecule has 3 bridgehead atoms. The second-order valence-electron chi connectivity index (χ2n) is 2.63. The largest absolute Gasteiger partial charge is 0.668 e. The van der Waals surface area contributed by atoms with Crippen molar-refractivity contribution < 1.29 is 18.2 Å². The van der Waals surface area contributed by atoms with Gasteiger partial charge in [-0.25, -0.2) is 4.79 Å². The maximum Gasteiger partial charge on any atom is 0.668 e. The molecule has 0 saturated heterocycles. The molecule has 0 aromatic carbocycles. The lowest BCUT2D eigenvalue weighted by molar-refractivity contribution is 0.191. The summed E-state index contributed by atoms with van der Waals surface area (Å²) >= 11 is 0. The molecule has 0 saturated carbocycles. The summed E-state index contributed by atoms with van der Waals surface area (Å²) in [5.41, 5.74) is -0.700. The molecule has 1 N–H and O–H groups in total. The lowest BCUT2D eigenvalue weighted by Gasteiger charge is -2.17. The molecule has 1 aromatic heterocycles. The molecule has 14 heavy (non-hydrogen) atoms. The molecular weight excluding hydrogens is 213 g/mol. The van der Waals surface area contributed by atoms with Crippen molar-refractivity contribution in [2.24, 2.45) is 0 Å². The van der Waals surface area contributed by atoms with E-state index in [2.05, 4.69) is 10.3 Å². The molecule has 0 amide bonds. The number of anilines is 1. The Bertz CT molecular complexity index is 537. The van der Waals surface area contributed by atoms with Crippen LogP contribution < -0.4 is 24.7 Å². The van der Waals surface area contributed by atoms with E-state index in [1.54, 1.807) is 7.05 Å². The Balaban J connectivity index is 2.44. The predicted molar refractivity (Wildman–Crippen MR) is 43.5 cm³/mol. The minimum atomic E-state index is -3.68. The van der Waals surface area contributed by atoms with Crippen LogP contribution in [0.5, 0.6) is 11.6 Å². The first kappa shape index (κ1) is 7.69. The molecule has 9 heteroatoms. The summed E-state index contributed by atoms with van der Waals surface area (Å²) in [6.07, 6.45) is 0. The van der Waals surface area contributed by atoms with E-state index in [1.165, 1.54) is 0 Å². The molecule has 0 spiro atoms. The SMILES string of the molecule is CNc1c2c3nc(=O)n1OP(=O)(O3)O2. The van der Waals surface area contributed by atoms with Crippen molar-refractivity contribution in [3.63, 3.8) is 0 Å². The third-order valence-corrected chi connectivity index (χ3v) is 2.97. The highest BCUT2D eigenvalue weighted by molar-refractivity contribution is 7.50. The first-order valence-electron chi connectivity index (χ1n) is 3.67. The van der Waals surface area contributed by atoms with E-state index < -0.39 is 13.5 Å². The van der Waals surface area contributed by atoms with Crippen LogP contribution in [0.3, 0.4) is 0 Å². The van der Waals surface area contributed by atoms with Crippen molar-refractivity contribution in [2.75, 3.05) is 12.4 Å². The Morgan fingerprint density at radius 1 is 1.50 bits per heavy atom. The number of fused-ring (bicyclic) bond motifs is 2. The lowest BCUT2D eigenvalue weighted by atomic mass is 10.5. The molecule has 1 unspecified atom stereocenters. The van der Waals surface area contributed by atoms with Gasteiger partial charge in [-0.05, 0) is 0 Å². The smallest absolute Gasteiger partial charge is 0.375 e. The number of phosphoric acid groups is 1. The number of nitrogens with zero attached hydrogens (tertiary/aromatic N) is 2. The molecule has 2 aliphatic heterocycles. The molecule has 1 atom stereocenters. The van der Waals surface area contributed by atoms with Crippen LogP contribution in [0.1, 0.15) is 0 Å². The van der Waals surface area contributed by atoms with Crippen LogP contribution in [-0.2, 0) is 4.57 Å². The summed E-state index contributed by atoms with van der Waals surface area (Å²) in [5, 5.41) is 2.66. The van der Waals surface area contributed by atoms with E-state index in [9.17, 15) is 9.36 Å². The zero-order valence-electron chi connectivity index (χ0n) is 6.88. The quantitative estimate of drug-likeness (QED) is 0.640. The summed E-state index contributed by atoms with van der Waals surface area (Å²) in [6.45, 7) is 0. The van der Waals surface area contributed by atoms with Crippen molar-refractivity contribution in [3.8, 4) is 11.6 Å². The van der Waals surface area contributed by atoms with Crippen molar-refractivity contribution in [1.29, 1.82) is 0 Å². The Morgan fingerprint density at radius 3 is 3.00 bits per heavy atom. The number of aromatic nitrogens is 2. The van der Waals surface area contributed by atoms with E-state index in [0.717, 1.165) is 4.73 Å². The van der Waals surface area contributed by atoms with Crippen molar-refractivity contribution in [3.05, 3.63) is 10.5 Å². The van der Waals surface area contributed by atoms with Gasteiger partial charge in [0.15, 0.2) is 5.82 Å². The molecule has 2 aliphatic rings. The highest BCUT2D eigenvalue weighted by Crippen LogP contribution is 2.60. The standard InChI is InChI=1S/C5H4N3O5P/c1-6-3-2-4-7-5(9)8(3)13-14(10,11-2)12-4/h6H,1H3. The first-order chi connectivity index (χ1) is 6.63. The van der Waals surface area contributed by atoms with E-state index in [1.807, 2.05) is 0 Å². The Morgan fingerprint density at radius 2 is 2.29 bits per heavy atom. The van der Waals surface area contributed by atoms with Crippen LogP contribution in [-0.4, -0.2) is 16.8 Å². The normalized spacial score (nSPS) is 25.2. The van der Waals surface area contributed by atoms with E-state index >= 15 is 0 Å². The Kier molecular flexibility index (Phi) is 1.12. The summed E-state index contributed by atoms with van der Waals surface area (Å²) in [5.74, 6) is 0.280. The molecule has 0 radical (unpaired) electrons. The van der Waals surface area contributed by atoms with Gasteiger partial charge in [0.1, 0.15) is 0 Å². The average Bonchev–Trinajstić information content (AvgIpc) is 2.31. The average molecular weight is 217 g/mol. The highest BCUT2D eigenvalue weighted by atomic mass is 31.2. The molecule has 0 aliphatic carbocycles. The van der Waals surface area contributed by atoms with Crippen molar-refractivity contribution in [2.45, 2.75) is 0 Å². The van der Waals surface area contributed by atoms with Gasteiger partial charge >= 0.3 is 13.5 Å². The molecular formula is C5H4N3O5P. The van der Waals surface area contributed by atoms with E-state index in [-0.39, 0.29) is 17.4 Å². The van der Waals surface area contributed by atoms with Crippen LogP contribution in [0, 0.1) is 0 Å². The van der Waals surface area contributed by atoms with Gasteiger partial charge in [0.05, 0.1) is 0 Å². The van der Waals surface area contributed by atoms with Gasteiger partial charge in [0.25, 0.3) is 5.88 Å². The van der Waals surface area contributed by atoms with Gasteiger partial charge in [0, 0.05) is 7.05 Å². The van der Waals surface area contributed by atoms with Crippen LogP contribution in [0.4, 0.5) is 5.82 Å². The zero-order chi connectivity index (χ0) is 9.92. The van der Waals surface area contributed by atoms with Gasteiger partial charge < -0.3 is 14.4 Å². The monoisotopic (exact) mass is 217 g/mol. The number of hydrogen-bond donors (Lipinski definition) is 1. The summed E-state index contributed by atoms with van der Waals surface area (Å²) in [4.78, 5) is 14.7. The van der Waals surface area contributed by atoms with E-state index in [0.29, 0.717) is 0 Å². The summed E-state index contributed by atoms with van der Waals surface area (Å²) in [6, 6.07) is 0. The minimum absolute atomic E-state index is 0.101. The topological polar surface area (TPSA) is 91.7 Å². The van der Waals surface area contributed by atoms with Gasteiger partial charge in [-0.15, -0.1) is 0 Å². The fourth-order valence-corrected chi connectivity index (χ4v) is 2.46. The van der Waals surface area contributed by atoms with Crippen LogP contribution in [0.25, 0.3) is 0 Å². The molecule has 1 aromatic rings. The van der Waals surface area contributed by atoms with Crippen molar-refractivity contribution in [1.82, 2.24) is 9.71 Å². The Hall–Kier alpha value is -1.69. The third kappa shape index (κ3) is 0.717. The van der Waals surface area contributed by atoms with Crippen LogP contribution in [0.2, 0.25) is 0 Å². The fourth-order valence-electron chi connectivity index (χ4n) is 1.28. The van der Waals surface area contributed by atoms with Crippen LogP contribution in [0.15, 0.2) is 4.79 Å². The number of hydrogen-bond acceptors (Lipinski definition) is 7. The van der Waals surface area contributed by atoms with Gasteiger partial charge in [0.2, 0.25) is 5.75 Å². The second-order valence-corrected chi connectivity index (χ2v) is 4.06. The zero-order valence-corrected chi connectivity index (χ0v) is 7.78. The van der Waals surface area contributed by atoms with E-state index in [4.69, 9.17) is 13.7 Å². The number of phosphoric ester groups is 1. The maximum atomic E-state index is 11.5. The van der Waals surface area contributed by atoms with Crippen molar-refractivity contribution >= 4 is 13.6 Å². The Labute approximate surface area is 77.0 Å². The molecule has 74 valence electrons. The lowest BCUT2D eigenvalue weighted by Crippen LogP contribution is -2.31. The summed E-state index contributed by atoms with van der Waals surface area (Å²) in [7, 11) is -2.12. The second kappa shape index (κ2) is 2.03. The molecule has 3 heterocycles. The maximum absolute atomic E-state index is 11.5. The number of nitrogens with one attached hydrogen (secondary N) is 1. The van der Waals surface area contributed by atoms with Gasteiger partial charge in [-0.3, -0.25) is 4.62 Å².